The highest BCUT2D eigenvalue weighted by Gasteiger charge is 2.21. The van der Waals surface area contributed by atoms with Gasteiger partial charge in [-0.1, -0.05) is 12.8 Å². The fourth-order valence-corrected chi connectivity index (χ4v) is 2.90. The molecule has 3 rings (SSSR count). The normalized spacial score (nSPS) is 26.6. The summed E-state index contributed by atoms with van der Waals surface area (Å²) in [4.78, 5) is 4.47. The molecule has 1 aromatic heterocycles. The Balaban J connectivity index is 1.62. The molecule has 0 radical (unpaired) electrons. The smallest absolute Gasteiger partial charge is 0.153 e. The number of rotatable bonds is 3. The summed E-state index contributed by atoms with van der Waals surface area (Å²) in [7, 11) is 0. The Bertz CT molecular complexity index is 335. The second kappa shape index (κ2) is 4.53. The first-order chi connectivity index (χ1) is 7.92. The average Bonchev–Trinajstić information content (AvgIpc) is 2.99. The molecule has 2 heterocycles. The van der Waals surface area contributed by atoms with Crippen molar-refractivity contribution in [3.05, 3.63) is 12.2 Å². The topological polar surface area (TPSA) is 42.7 Å². The Morgan fingerprint density at radius 1 is 1.31 bits per heavy atom. The Morgan fingerprint density at radius 3 is 2.94 bits per heavy atom. The number of hydrogen-bond acceptors (Lipinski definition) is 3. The van der Waals surface area contributed by atoms with Crippen LogP contribution in [-0.4, -0.2) is 27.9 Å². The van der Waals surface area contributed by atoms with Crippen LogP contribution in [-0.2, 0) is 6.54 Å². The first kappa shape index (κ1) is 10.3. The van der Waals surface area contributed by atoms with Gasteiger partial charge in [-0.05, 0) is 38.3 Å². The minimum Gasteiger partial charge on any atom is -0.316 e. The van der Waals surface area contributed by atoms with Crippen LogP contribution in [0.3, 0.4) is 0 Å². The van der Waals surface area contributed by atoms with Crippen molar-refractivity contribution in [2.75, 3.05) is 13.1 Å². The van der Waals surface area contributed by atoms with Gasteiger partial charge in [0.2, 0.25) is 0 Å². The molecule has 4 heteroatoms. The van der Waals surface area contributed by atoms with Crippen LogP contribution in [0.1, 0.15) is 43.8 Å². The first-order valence-electron chi connectivity index (χ1n) is 6.52. The van der Waals surface area contributed by atoms with Gasteiger partial charge < -0.3 is 5.32 Å². The van der Waals surface area contributed by atoms with Gasteiger partial charge in [0, 0.05) is 12.5 Å². The second-order valence-corrected chi connectivity index (χ2v) is 5.17. The molecule has 0 aromatic carbocycles. The van der Waals surface area contributed by atoms with Crippen molar-refractivity contribution in [3.8, 4) is 0 Å². The highest BCUT2D eigenvalue weighted by atomic mass is 15.3. The Morgan fingerprint density at radius 2 is 2.19 bits per heavy atom. The van der Waals surface area contributed by atoms with E-state index in [-0.39, 0.29) is 0 Å². The zero-order chi connectivity index (χ0) is 10.8. The van der Waals surface area contributed by atoms with E-state index >= 15 is 0 Å². The average molecular weight is 220 g/mol. The summed E-state index contributed by atoms with van der Waals surface area (Å²) in [6.07, 6.45) is 8.48. The minimum absolute atomic E-state index is 0.642. The van der Waals surface area contributed by atoms with Crippen molar-refractivity contribution in [1.29, 1.82) is 0 Å². The van der Waals surface area contributed by atoms with Gasteiger partial charge in [-0.15, -0.1) is 0 Å². The zero-order valence-corrected chi connectivity index (χ0v) is 9.73. The molecule has 1 aliphatic heterocycles. The number of nitrogens with one attached hydrogen (secondary N) is 1. The van der Waals surface area contributed by atoms with Crippen molar-refractivity contribution >= 4 is 0 Å². The molecular weight excluding hydrogens is 200 g/mol. The van der Waals surface area contributed by atoms with Crippen molar-refractivity contribution < 1.29 is 0 Å². The van der Waals surface area contributed by atoms with Gasteiger partial charge in [0.1, 0.15) is 6.33 Å². The lowest BCUT2D eigenvalue weighted by Gasteiger charge is -2.07. The molecule has 4 nitrogen and oxygen atoms in total. The van der Waals surface area contributed by atoms with Gasteiger partial charge in [-0.25, -0.2) is 4.98 Å². The molecule has 0 amide bonds. The molecule has 1 atom stereocenters. The van der Waals surface area contributed by atoms with Gasteiger partial charge >= 0.3 is 0 Å². The molecule has 1 aliphatic carbocycles. The van der Waals surface area contributed by atoms with Crippen LogP contribution >= 0.6 is 0 Å². The highest BCUT2D eigenvalue weighted by Crippen LogP contribution is 2.31. The number of nitrogens with zero attached hydrogens (tertiary/aromatic N) is 3. The van der Waals surface area contributed by atoms with Gasteiger partial charge in [-0.2, -0.15) is 5.10 Å². The molecular formula is C12H20N4. The Labute approximate surface area is 96.4 Å². The molecule has 2 fully saturated rings. The Kier molecular flexibility index (Phi) is 2.91. The molecule has 16 heavy (non-hydrogen) atoms. The predicted octanol–water partition coefficient (Wildman–Crippen LogP) is 1.55. The third-order valence-electron chi connectivity index (χ3n) is 3.88. The summed E-state index contributed by atoms with van der Waals surface area (Å²) in [6, 6.07) is 0. The summed E-state index contributed by atoms with van der Waals surface area (Å²) in [5.74, 6) is 2.48. The molecule has 0 spiro atoms. The molecule has 1 saturated heterocycles. The zero-order valence-electron chi connectivity index (χ0n) is 9.73. The van der Waals surface area contributed by atoms with E-state index in [2.05, 4.69) is 15.4 Å². The molecule has 1 N–H and O–H groups in total. The van der Waals surface area contributed by atoms with Gasteiger partial charge in [0.05, 0.1) is 0 Å². The van der Waals surface area contributed by atoms with E-state index in [1.54, 1.807) is 0 Å². The lowest BCUT2D eigenvalue weighted by Crippen LogP contribution is -2.15. The van der Waals surface area contributed by atoms with Crippen molar-refractivity contribution in [2.45, 2.75) is 44.6 Å². The largest absolute Gasteiger partial charge is 0.316 e. The van der Waals surface area contributed by atoms with Crippen molar-refractivity contribution in [1.82, 2.24) is 20.1 Å². The van der Waals surface area contributed by atoms with Crippen LogP contribution in [0.4, 0.5) is 0 Å². The minimum atomic E-state index is 0.642. The highest BCUT2D eigenvalue weighted by molar-refractivity contribution is 4.96. The SMILES string of the molecule is c1nc(C2CCCC2)nn1CC1CCNC1. The lowest BCUT2D eigenvalue weighted by molar-refractivity contribution is 0.444. The van der Waals surface area contributed by atoms with E-state index in [9.17, 15) is 0 Å². The van der Waals surface area contributed by atoms with E-state index in [0.717, 1.165) is 31.4 Å². The maximum absolute atomic E-state index is 4.63. The van der Waals surface area contributed by atoms with Crippen molar-refractivity contribution in [2.24, 2.45) is 5.92 Å². The van der Waals surface area contributed by atoms with E-state index in [0.29, 0.717) is 5.92 Å². The van der Waals surface area contributed by atoms with Crippen LogP contribution in [0.2, 0.25) is 0 Å². The fraction of sp³-hybridized carbons (Fsp3) is 0.833. The molecule has 0 bridgehead atoms. The van der Waals surface area contributed by atoms with Crippen LogP contribution in [0.15, 0.2) is 6.33 Å². The van der Waals surface area contributed by atoms with E-state index in [1.165, 1.54) is 32.1 Å². The summed E-state index contributed by atoms with van der Waals surface area (Å²) in [5.41, 5.74) is 0. The number of aromatic nitrogens is 3. The first-order valence-corrected chi connectivity index (χ1v) is 6.52. The quantitative estimate of drug-likeness (QED) is 0.840. The molecule has 2 aliphatic rings. The molecule has 88 valence electrons. The van der Waals surface area contributed by atoms with Crippen LogP contribution in [0.25, 0.3) is 0 Å². The lowest BCUT2D eigenvalue weighted by atomic mass is 10.1. The Hall–Kier alpha value is -0.900. The second-order valence-electron chi connectivity index (χ2n) is 5.17. The summed E-state index contributed by atoms with van der Waals surface area (Å²) in [6.45, 7) is 3.33. The maximum atomic E-state index is 4.63. The fourth-order valence-electron chi connectivity index (χ4n) is 2.90. The number of hydrogen-bond donors (Lipinski definition) is 1. The molecule has 1 aromatic rings. The standard InChI is InChI=1S/C12H20N4/c1-2-4-11(3-1)12-14-9-16(15-12)8-10-5-6-13-7-10/h9-11,13H,1-8H2. The molecule has 1 unspecified atom stereocenters. The summed E-state index contributed by atoms with van der Waals surface area (Å²) >= 11 is 0. The van der Waals surface area contributed by atoms with E-state index < -0.39 is 0 Å². The van der Waals surface area contributed by atoms with Crippen molar-refractivity contribution in [3.63, 3.8) is 0 Å². The van der Waals surface area contributed by atoms with Crippen LogP contribution in [0.5, 0.6) is 0 Å². The third kappa shape index (κ3) is 2.12. The summed E-state index contributed by atoms with van der Waals surface area (Å²) < 4.78 is 2.05. The van der Waals surface area contributed by atoms with E-state index in [4.69, 9.17) is 0 Å². The summed E-state index contributed by atoms with van der Waals surface area (Å²) in [5, 5.41) is 8.03. The van der Waals surface area contributed by atoms with Crippen LogP contribution in [0, 0.1) is 5.92 Å². The maximum Gasteiger partial charge on any atom is 0.153 e. The van der Waals surface area contributed by atoms with Gasteiger partial charge in [0.25, 0.3) is 0 Å². The predicted molar refractivity (Wildman–Crippen MR) is 62.2 cm³/mol. The van der Waals surface area contributed by atoms with E-state index in [1.807, 2.05) is 11.0 Å². The van der Waals surface area contributed by atoms with Gasteiger partial charge in [-0.3, -0.25) is 4.68 Å². The van der Waals surface area contributed by atoms with Gasteiger partial charge in [0.15, 0.2) is 5.82 Å². The van der Waals surface area contributed by atoms with Crippen LogP contribution < -0.4 is 5.32 Å². The molecule has 1 saturated carbocycles. The monoisotopic (exact) mass is 220 g/mol. The third-order valence-corrected chi connectivity index (χ3v) is 3.88.